The zero-order valence-electron chi connectivity index (χ0n) is 15.7. The number of ether oxygens (including phenoxy) is 1. The number of nitrogens with two attached hydrogens (primary N) is 1. The number of carbonyl (C=O) groups excluding carboxylic acids is 2. The molecular weight excluding hydrogens is 401 g/mol. The lowest BCUT2D eigenvalue weighted by Gasteiger charge is -2.17. The first-order valence-corrected chi connectivity index (χ1v) is 8.71. The van der Waals surface area contributed by atoms with Crippen LogP contribution in [0.1, 0.15) is 10.4 Å². The van der Waals surface area contributed by atoms with Gasteiger partial charge in [0.1, 0.15) is 0 Å². The molecular formula is C21H17F3N2O4. The molecule has 9 heteroatoms. The van der Waals surface area contributed by atoms with E-state index in [4.69, 9.17) is 5.73 Å². The third-order valence-electron chi connectivity index (χ3n) is 4.39. The van der Waals surface area contributed by atoms with Crippen LogP contribution in [0.4, 0.5) is 13.2 Å². The van der Waals surface area contributed by atoms with Crippen molar-refractivity contribution >= 4 is 22.6 Å². The van der Waals surface area contributed by atoms with Crippen LogP contribution in [0.2, 0.25) is 0 Å². The number of primary amides is 1. The fourth-order valence-electron chi connectivity index (χ4n) is 3.15. The third-order valence-corrected chi connectivity index (χ3v) is 4.39. The van der Waals surface area contributed by atoms with Crippen LogP contribution < -0.4 is 10.5 Å². The molecule has 0 atom stereocenters. The summed E-state index contributed by atoms with van der Waals surface area (Å²) < 4.78 is 41.7. The molecule has 0 bridgehead atoms. The average molecular weight is 418 g/mol. The maximum absolute atomic E-state index is 12.7. The summed E-state index contributed by atoms with van der Waals surface area (Å²) in [6, 6.07) is 13.6. The van der Waals surface area contributed by atoms with Gasteiger partial charge in [0.25, 0.3) is 5.91 Å². The second-order valence-corrected chi connectivity index (χ2v) is 6.56. The highest BCUT2D eigenvalue weighted by atomic mass is 19.4. The van der Waals surface area contributed by atoms with Crippen molar-refractivity contribution in [3.05, 3.63) is 60.2 Å². The number of hydrogen-bond donors (Lipinski definition) is 2. The largest absolute Gasteiger partial charge is 0.573 e. The van der Waals surface area contributed by atoms with Crippen molar-refractivity contribution in [2.45, 2.75) is 6.36 Å². The van der Waals surface area contributed by atoms with Crippen LogP contribution in [0.3, 0.4) is 0 Å². The number of phenols is 1. The molecule has 30 heavy (non-hydrogen) atoms. The van der Waals surface area contributed by atoms with Gasteiger partial charge in [-0.2, -0.15) is 0 Å². The zero-order valence-corrected chi connectivity index (χ0v) is 15.7. The highest BCUT2D eigenvalue weighted by molar-refractivity contribution is 6.11. The van der Waals surface area contributed by atoms with Crippen LogP contribution in [0.25, 0.3) is 21.9 Å². The van der Waals surface area contributed by atoms with Crippen LogP contribution in [0.5, 0.6) is 11.5 Å². The van der Waals surface area contributed by atoms with Crippen molar-refractivity contribution in [2.24, 2.45) is 5.73 Å². The van der Waals surface area contributed by atoms with Gasteiger partial charge in [0.15, 0.2) is 11.5 Å². The number of benzene rings is 3. The predicted octanol–water partition coefficient (Wildman–Crippen LogP) is 3.67. The molecule has 0 unspecified atom stereocenters. The van der Waals surface area contributed by atoms with Crippen molar-refractivity contribution in [2.75, 3.05) is 13.6 Å². The first kappa shape index (κ1) is 21.0. The van der Waals surface area contributed by atoms with Crippen LogP contribution >= 0.6 is 0 Å². The monoisotopic (exact) mass is 418 g/mol. The molecule has 156 valence electrons. The number of phenolic OH excluding ortho intramolecular Hbond substituents is 1. The summed E-state index contributed by atoms with van der Waals surface area (Å²) >= 11 is 0. The minimum Gasteiger partial charge on any atom is -0.504 e. The smallest absolute Gasteiger partial charge is 0.504 e. The van der Waals surface area contributed by atoms with Crippen molar-refractivity contribution in [3.63, 3.8) is 0 Å². The molecule has 3 N–H and O–H groups in total. The second kappa shape index (κ2) is 7.94. The van der Waals surface area contributed by atoms with Crippen molar-refractivity contribution < 1.29 is 32.6 Å². The van der Waals surface area contributed by atoms with E-state index in [9.17, 15) is 27.9 Å². The van der Waals surface area contributed by atoms with E-state index in [2.05, 4.69) is 4.74 Å². The number of nitrogens with zero attached hydrogens (tertiary/aromatic N) is 1. The maximum Gasteiger partial charge on any atom is 0.573 e. The predicted molar refractivity (Wildman–Crippen MR) is 104 cm³/mol. The van der Waals surface area contributed by atoms with Crippen molar-refractivity contribution in [1.82, 2.24) is 4.90 Å². The Labute approximate surface area is 169 Å². The van der Waals surface area contributed by atoms with Gasteiger partial charge in [0, 0.05) is 12.6 Å². The number of aromatic hydroxyl groups is 1. The van der Waals surface area contributed by atoms with Crippen LogP contribution in [-0.4, -0.2) is 41.8 Å². The molecule has 3 aromatic carbocycles. The van der Waals surface area contributed by atoms with Gasteiger partial charge in [-0.1, -0.05) is 36.4 Å². The molecule has 0 saturated heterocycles. The average Bonchev–Trinajstić information content (AvgIpc) is 2.66. The highest BCUT2D eigenvalue weighted by Gasteiger charge is 2.32. The van der Waals surface area contributed by atoms with E-state index in [1.807, 2.05) is 0 Å². The third kappa shape index (κ3) is 4.45. The topological polar surface area (TPSA) is 92.9 Å². The first-order chi connectivity index (χ1) is 14.1. The zero-order chi connectivity index (χ0) is 22.1. The molecule has 0 saturated carbocycles. The van der Waals surface area contributed by atoms with E-state index in [1.165, 1.54) is 18.0 Å². The molecule has 2 amide bonds. The lowest BCUT2D eigenvalue weighted by molar-refractivity contribution is -0.275. The normalized spacial score (nSPS) is 11.3. The Hall–Kier alpha value is -3.75. The van der Waals surface area contributed by atoms with Gasteiger partial charge in [-0.05, 0) is 40.1 Å². The molecule has 0 aliphatic heterocycles. The van der Waals surface area contributed by atoms with Crippen molar-refractivity contribution in [3.8, 4) is 22.6 Å². The molecule has 0 aliphatic carbocycles. The Morgan fingerprint density at radius 1 is 1.07 bits per heavy atom. The molecule has 0 aliphatic rings. The molecule has 0 heterocycles. The summed E-state index contributed by atoms with van der Waals surface area (Å²) in [5, 5.41) is 10.8. The number of hydrogen-bond acceptors (Lipinski definition) is 4. The SMILES string of the molecule is CN(CC(N)=O)C(=O)c1cccc2c(-c3ccc(O)c(OC(F)(F)F)c3)cccc12. The van der Waals surface area contributed by atoms with E-state index >= 15 is 0 Å². The number of likely N-dealkylation sites (N-methyl/N-ethyl adjacent to an activating group) is 1. The van der Waals surface area contributed by atoms with E-state index in [0.29, 0.717) is 27.5 Å². The number of amides is 2. The number of alkyl halides is 3. The van der Waals surface area contributed by atoms with Gasteiger partial charge in [-0.15, -0.1) is 13.2 Å². The fourth-order valence-corrected chi connectivity index (χ4v) is 3.15. The van der Waals surface area contributed by atoms with Gasteiger partial charge in [0.2, 0.25) is 5.91 Å². The number of rotatable bonds is 5. The van der Waals surface area contributed by atoms with Gasteiger partial charge < -0.3 is 20.5 Å². The van der Waals surface area contributed by atoms with Crippen LogP contribution in [-0.2, 0) is 4.79 Å². The van der Waals surface area contributed by atoms with Gasteiger partial charge in [-0.3, -0.25) is 9.59 Å². The summed E-state index contributed by atoms with van der Waals surface area (Å²) in [5.41, 5.74) is 6.34. The fraction of sp³-hybridized carbons (Fsp3) is 0.143. The summed E-state index contributed by atoms with van der Waals surface area (Å²) in [6.07, 6.45) is -4.96. The molecule has 3 aromatic rings. The number of halogens is 3. The Morgan fingerprint density at radius 2 is 1.73 bits per heavy atom. The molecule has 0 spiro atoms. The van der Waals surface area contributed by atoms with E-state index in [1.54, 1.807) is 36.4 Å². The summed E-state index contributed by atoms with van der Waals surface area (Å²) in [5.74, 6) is -2.47. The van der Waals surface area contributed by atoms with E-state index < -0.39 is 29.7 Å². The van der Waals surface area contributed by atoms with Crippen LogP contribution in [0, 0.1) is 0 Å². The van der Waals surface area contributed by atoms with E-state index in [0.717, 1.165) is 12.1 Å². The summed E-state index contributed by atoms with van der Waals surface area (Å²) in [6.45, 7) is -0.259. The lowest BCUT2D eigenvalue weighted by Crippen LogP contribution is -2.35. The van der Waals surface area contributed by atoms with Gasteiger partial charge in [-0.25, -0.2) is 0 Å². The Kier molecular flexibility index (Phi) is 5.55. The minimum absolute atomic E-state index is 0.259. The maximum atomic E-state index is 12.7. The lowest BCUT2D eigenvalue weighted by atomic mass is 9.95. The van der Waals surface area contributed by atoms with Gasteiger partial charge in [0.05, 0.1) is 6.54 Å². The Bertz CT molecular complexity index is 1130. The minimum atomic E-state index is -4.96. The highest BCUT2D eigenvalue weighted by Crippen LogP contribution is 2.38. The number of fused-ring (bicyclic) bond motifs is 1. The molecule has 0 radical (unpaired) electrons. The second-order valence-electron chi connectivity index (χ2n) is 6.56. The summed E-state index contributed by atoms with van der Waals surface area (Å²) in [4.78, 5) is 25.0. The quantitative estimate of drug-likeness (QED) is 0.661. The van der Waals surface area contributed by atoms with E-state index in [-0.39, 0.29) is 6.54 Å². The van der Waals surface area contributed by atoms with Gasteiger partial charge >= 0.3 is 6.36 Å². The molecule has 0 aromatic heterocycles. The Morgan fingerprint density at radius 3 is 2.40 bits per heavy atom. The summed E-state index contributed by atoms with van der Waals surface area (Å²) in [7, 11) is 1.44. The Balaban J connectivity index is 2.10. The number of carbonyl (C=O) groups is 2. The molecule has 6 nitrogen and oxygen atoms in total. The first-order valence-electron chi connectivity index (χ1n) is 8.71. The standard InChI is InChI=1S/C21H17F3N2O4/c1-26(11-19(25)28)20(29)16-7-3-5-14-13(4-2-6-15(14)16)12-8-9-17(27)18(10-12)30-21(22,23)24/h2-10,27H,11H2,1H3,(H2,25,28). The van der Waals surface area contributed by atoms with Crippen molar-refractivity contribution in [1.29, 1.82) is 0 Å². The molecule has 3 rings (SSSR count). The van der Waals surface area contributed by atoms with Crippen LogP contribution in [0.15, 0.2) is 54.6 Å². The molecule has 0 fully saturated rings.